The van der Waals surface area contributed by atoms with Crippen molar-refractivity contribution in [3.05, 3.63) is 51.9 Å². The van der Waals surface area contributed by atoms with E-state index in [1.54, 1.807) is 11.3 Å². The van der Waals surface area contributed by atoms with E-state index >= 15 is 0 Å². The van der Waals surface area contributed by atoms with Gasteiger partial charge in [0.1, 0.15) is 5.82 Å². The van der Waals surface area contributed by atoms with Crippen LogP contribution in [0.4, 0.5) is 4.39 Å². The Labute approximate surface area is 150 Å². The first-order chi connectivity index (χ1) is 12.2. The van der Waals surface area contributed by atoms with E-state index in [4.69, 9.17) is 0 Å². The lowest BCUT2D eigenvalue weighted by Gasteiger charge is -2.10. The fraction of sp³-hybridized carbons (Fsp3) is 0.333. The lowest BCUT2D eigenvalue weighted by atomic mass is 10.1. The summed E-state index contributed by atoms with van der Waals surface area (Å²) in [7, 11) is 0. The number of nitrogens with zero attached hydrogens (tertiary/aromatic N) is 2. The van der Waals surface area contributed by atoms with Crippen molar-refractivity contribution in [2.45, 2.75) is 26.8 Å². The zero-order valence-electron chi connectivity index (χ0n) is 14.4. The Hall–Kier alpha value is -2.41. The average molecular weight is 359 g/mol. The van der Waals surface area contributed by atoms with Crippen LogP contribution in [-0.2, 0) is 13.0 Å². The SMILES string of the molecule is CCNC(=NCc1cnc(C)s1)NCCc1c[nH]c2cc(F)ccc12. The number of rotatable bonds is 6. The Balaban J connectivity index is 1.59. The third-order valence-electron chi connectivity index (χ3n) is 3.82. The number of benzene rings is 1. The molecule has 0 saturated heterocycles. The molecular formula is C18H22FN5S. The number of aromatic nitrogens is 2. The quantitative estimate of drug-likeness (QED) is 0.467. The second-order valence-electron chi connectivity index (χ2n) is 5.72. The van der Waals surface area contributed by atoms with Gasteiger partial charge in [-0.3, -0.25) is 0 Å². The van der Waals surface area contributed by atoms with Gasteiger partial charge in [-0.2, -0.15) is 0 Å². The molecule has 0 unspecified atom stereocenters. The molecule has 0 amide bonds. The van der Waals surface area contributed by atoms with Gasteiger partial charge in [-0.1, -0.05) is 0 Å². The highest BCUT2D eigenvalue weighted by atomic mass is 32.1. The van der Waals surface area contributed by atoms with Gasteiger partial charge in [-0.05, 0) is 44.0 Å². The second kappa shape index (κ2) is 8.11. The first-order valence-electron chi connectivity index (χ1n) is 8.34. The molecule has 0 aliphatic carbocycles. The number of hydrogen-bond acceptors (Lipinski definition) is 3. The van der Waals surface area contributed by atoms with Crippen LogP contribution in [-0.4, -0.2) is 29.0 Å². The number of halogens is 1. The smallest absolute Gasteiger partial charge is 0.191 e. The summed E-state index contributed by atoms with van der Waals surface area (Å²) in [5.74, 6) is 0.568. The number of aliphatic imine (C=N–C) groups is 1. The molecule has 0 fully saturated rings. The summed E-state index contributed by atoms with van der Waals surface area (Å²) in [4.78, 5) is 13.1. The van der Waals surface area contributed by atoms with Crippen LogP contribution in [0.3, 0.4) is 0 Å². The summed E-state index contributed by atoms with van der Waals surface area (Å²) in [6.45, 7) is 6.21. The minimum atomic E-state index is -0.223. The van der Waals surface area contributed by atoms with Gasteiger partial charge in [0.05, 0.1) is 11.6 Å². The third kappa shape index (κ3) is 4.57. The van der Waals surface area contributed by atoms with Crippen molar-refractivity contribution in [3.63, 3.8) is 0 Å². The maximum Gasteiger partial charge on any atom is 0.191 e. The summed E-state index contributed by atoms with van der Waals surface area (Å²) in [5.41, 5.74) is 1.99. The molecule has 3 aromatic rings. The summed E-state index contributed by atoms with van der Waals surface area (Å²) in [6.07, 6.45) is 4.64. The molecule has 0 saturated carbocycles. The zero-order chi connectivity index (χ0) is 17.6. The number of guanidine groups is 1. The van der Waals surface area contributed by atoms with Gasteiger partial charge in [-0.25, -0.2) is 14.4 Å². The topological polar surface area (TPSA) is 65.1 Å². The lowest BCUT2D eigenvalue weighted by molar-refractivity contribution is 0.629. The van der Waals surface area contributed by atoms with Gasteiger partial charge in [0, 0.05) is 41.3 Å². The summed E-state index contributed by atoms with van der Waals surface area (Å²) in [6, 6.07) is 4.84. The predicted octanol–water partition coefficient (Wildman–Crippen LogP) is 3.37. The fourth-order valence-electron chi connectivity index (χ4n) is 2.66. The number of fused-ring (bicyclic) bond motifs is 1. The molecular weight excluding hydrogens is 337 g/mol. The Bertz CT molecular complexity index is 867. The van der Waals surface area contributed by atoms with Gasteiger partial charge < -0.3 is 15.6 Å². The zero-order valence-corrected chi connectivity index (χ0v) is 15.2. The summed E-state index contributed by atoms with van der Waals surface area (Å²) >= 11 is 1.66. The van der Waals surface area contributed by atoms with Crippen LogP contribution < -0.4 is 10.6 Å². The van der Waals surface area contributed by atoms with Crippen LogP contribution in [0, 0.1) is 12.7 Å². The summed E-state index contributed by atoms with van der Waals surface area (Å²) in [5, 5.41) is 8.71. The van der Waals surface area contributed by atoms with Gasteiger partial charge >= 0.3 is 0 Å². The van der Waals surface area contributed by atoms with Crippen LogP contribution in [0.15, 0.2) is 35.6 Å². The van der Waals surface area contributed by atoms with Gasteiger partial charge in [0.15, 0.2) is 5.96 Å². The predicted molar refractivity (Wildman–Crippen MR) is 102 cm³/mol. The second-order valence-corrected chi connectivity index (χ2v) is 7.04. The molecule has 0 spiro atoms. The van der Waals surface area contributed by atoms with E-state index in [1.165, 1.54) is 12.1 Å². The number of aromatic amines is 1. The molecule has 7 heteroatoms. The molecule has 132 valence electrons. The van der Waals surface area contributed by atoms with E-state index in [0.29, 0.717) is 6.54 Å². The van der Waals surface area contributed by atoms with Crippen LogP contribution in [0.25, 0.3) is 10.9 Å². The van der Waals surface area contributed by atoms with Crippen molar-refractivity contribution in [2.75, 3.05) is 13.1 Å². The molecule has 0 aliphatic heterocycles. The fourth-order valence-corrected chi connectivity index (χ4v) is 3.38. The van der Waals surface area contributed by atoms with E-state index in [1.807, 2.05) is 32.3 Å². The van der Waals surface area contributed by atoms with Gasteiger partial charge in [0.2, 0.25) is 0 Å². The molecule has 0 aliphatic rings. The molecule has 3 rings (SSSR count). The van der Waals surface area contributed by atoms with Crippen LogP contribution in [0.1, 0.15) is 22.4 Å². The largest absolute Gasteiger partial charge is 0.361 e. The Morgan fingerprint density at radius 1 is 1.36 bits per heavy atom. The monoisotopic (exact) mass is 359 g/mol. The molecule has 3 N–H and O–H groups in total. The number of hydrogen-bond donors (Lipinski definition) is 3. The number of aryl methyl sites for hydroxylation is 1. The van der Waals surface area contributed by atoms with Crippen molar-refractivity contribution in [2.24, 2.45) is 4.99 Å². The molecule has 0 atom stereocenters. The van der Waals surface area contributed by atoms with Gasteiger partial charge in [0.25, 0.3) is 0 Å². The van der Waals surface area contributed by atoms with Crippen LogP contribution >= 0.6 is 11.3 Å². The molecule has 1 aromatic carbocycles. The molecule has 25 heavy (non-hydrogen) atoms. The van der Waals surface area contributed by atoms with E-state index in [0.717, 1.165) is 51.8 Å². The van der Waals surface area contributed by atoms with Gasteiger partial charge in [-0.15, -0.1) is 11.3 Å². The Morgan fingerprint density at radius 3 is 3.00 bits per heavy atom. The highest BCUT2D eigenvalue weighted by Gasteiger charge is 2.05. The number of nitrogens with one attached hydrogen (secondary N) is 3. The maximum absolute atomic E-state index is 13.3. The molecule has 0 bridgehead atoms. The number of H-pyrrole nitrogens is 1. The molecule has 0 radical (unpaired) electrons. The first kappa shape index (κ1) is 17.4. The molecule has 2 aromatic heterocycles. The first-order valence-corrected chi connectivity index (χ1v) is 9.16. The van der Waals surface area contributed by atoms with Crippen molar-refractivity contribution < 1.29 is 4.39 Å². The van der Waals surface area contributed by atoms with Crippen molar-refractivity contribution >= 4 is 28.2 Å². The standard InChI is InChI=1S/C18H22FN5S/c1-3-20-18(24-11-15-10-22-12(2)25-15)21-7-6-13-9-23-17-8-14(19)4-5-16(13)17/h4-5,8-10,23H,3,6-7,11H2,1-2H3,(H2,20,21,24). The number of thiazole rings is 1. The summed E-state index contributed by atoms with van der Waals surface area (Å²) < 4.78 is 13.3. The van der Waals surface area contributed by atoms with Crippen LogP contribution in [0.2, 0.25) is 0 Å². The maximum atomic E-state index is 13.3. The minimum absolute atomic E-state index is 0.223. The van der Waals surface area contributed by atoms with E-state index in [-0.39, 0.29) is 5.82 Å². The average Bonchev–Trinajstić information content (AvgIpc) is 3.18. The van der Waals surface area contributed by atoms with Crippen molar-refractivity contribution in [3.8, 4) is 0 Å². The van der Waals surface area contributed by atoms with E-state index in [2.05, 4.69) is 25.6 Å². The molecule has 5 nitrogen and oxygen atoms in total. The Morgan fingerprint density at radius 2 is 2.24 bits per heavy atom. The molecule has 2 heterocycles. The highest BCUT2D eigenvalue weighted by Crippen LogP contribution is 2.19. The normalized spacial score (nSPS) is 11.9. The lowest BCUT2D eigenvalue weighted by Crippen LogP contribution is -2.38. The van der Waals surface area contributed by atoms with E-state index < -0.39 is 0 Å². The minimum Gasteiger partial charge on any atom is -0.361 e. The van der Waals surface area contributed by atoms with Crippen molar-refractivity contribution in [1.82, 2.24) is 20.6 Å². The highest BCUT2D eigenvalue weighted by molar-refractivity contribution is 7.11. The van der Waals surface area contributed by atoms with E-state index in [9.17, 15) is 4.39 Å². The van der Waals surface area contributed by atoms with Crippen molar-refractivity contribution in [1.29, 1.82) is 0 Å². The van der Waals surface area contributed by atoms with Crippen LogP contribution in [0.5, 0.6) is 0 Å². The third-order valence-corrected chi connectivity index (χ3v) is 4.72. The Kier molecular flexibility index (Phi) is 5.65.